The van der Waals surface area contributed by atoms with E-state index in [1.807, 2.05) is 0 Å². The maximum absolute atomic E-state index is 12.6. The zero-order valence-corrected chi connectivity index (χ0v) is 16.9. The monoisotopic (exact) mass is 430 g/mol. The lowest BCUT2D eigenvalue weighted by Crippen LogP contribution is -2.21. The minimum atomic E-state index is -0.600. The van der Waals surface area contributed by atoms with Gasteiger partial charge in [0.05, 0.1) is 19.9 Å². The molecule has 0 atom stereocenters. The lowest BCUT2D eigenvalue weighted by Gasteiger charge is -2.11. The number of nitrogen functional groups attached to an aromatic ring is 1. The number of hydrogen-bond donors (Lipinski definition) is 3. The maximum atomic E-state index is 12.6. The molecule has 30 heavy (non-hydrogen) atoms. The first-order valence-electron chi connectivity index (χ1n) is 8.69. The number of amides is 2. The minimum absolute atomic E-state index is 0.0544. The molecule has 10 nitrogen and oxygen atoms in total. The van der Waals surface area contributed by atoms with Crippen molar-refractivity contribution in [2.75, 3.05) is 30.6 Å². The van der Waals surface area contributed by atoms with Gasteiger partial charge in [-0.15, -0.1) is 5.10 Å². The highest BCUT2D eigenvalue weighted by atomic mass is 35.5. The van der Waals surface area contributed by atoms with Crippen molar-refractivity contribution in [1.29, 1.82) is 0 Å². The molecule has 0 radical (unpaired) electrons. The van der Waals surface area contributed by atoms with Gasteiger partial charge >= 0.3 is 0 Å². The number of rotatable bonds is 7. The molecule has 2 amide bonds. The third-order valence-corrected chi connectivity index (χ3v) is 4.28. The standard InChI is InChI=1S/C19H19ClN6O4/c1-29-13-6-7-14(15(9-13)30-2)23-19(28)17-18(21)26(25-24-17)10-16(27)22-12-5-3-4-11(20)8-12/h3-9H,10,21H2,1-2H3,(H,22,27)(H,23,28). The van der Waals surface area contributed by atoms with Crippen molar-refractivity contribution in [2.45, 2.75) is 6.54 Å². The average Bonchev–Trinajstić information content (AvgIpc) is 3.08. The van der Waals surface area contributed by atoms with Crippen LogP contribution in [0.1, 0.15) is 10.5 Å². The summed E-state index contributed by atoms with van der Waals surface area (Å²) in [6.45, 7) is -0.232. The Bertz CT molecular complexity index is 1080. The molecular formula is C19H19ClN6O4. The number of aromatic nitrogens is 3. The van der Waals surface area contributed by atoms with Crippen LogP contribution in [0, 0.1) is 0 Å². The molecule has 3 aromatic rings. The van der Waals surface area contributed by atoms with Gasteiger partial charge in [0.15, 0.2) is 11.5 Å². The van der Waals surface area contributed by atoms with Crippen LogP contribution in [0.4, 0.5) is 17.2 Å². The van der Waals surface area contributed by atoms with Crippen molar-refractivity contribution in [3.63, 3.8) is 0 Å². The van der Waals surface area contributed by atoms with Crippen molar-refractivity contribution < 1.29 is 19.1 Å². The Morgan fingerprint density at radius 3 is 2.63 bits per heavy atom. The van der Waals surface area contributed by atoms with E-state index >= 15 is 0 Å². The first-order chi connectivity index (χ1) is 14.4. The molecule has 3 rings (SSSR count). The molecule has 0 aliphatic rings. The van der Waals surface area contributed by atoms with Crippen LogP contribution < -0.4 is 25.8 Å². The van der Waals surface area contributed by atoms with Crippen LogP contribution >= 0.6 is 11.6 Å². The highest BCUT2D eigenvalue weighted by molar-refractivity contribution is 6.30. The summed E-state index contributed by atoms with van der Waals surface area (Å²) in [5, 5.41) is 13.4. The first-order valence-corrected chi connectivity index (χ1v) is 9.07. The van der Waals surface area contributed by atoms with Crippen LogP contribution in [0.25, 0.3) is 0 Å². The SMILES string of the molecule is COc1ccc(NC(=O)c2nnn(CC(=O)Nc3cccc(Cl)c3)c2N)c(OC)c1. The highest BCUT2D eigenvalue weighted by Gasteiger charge is 2.20. The molecule has 11 heteroatoms. The molecule has 0 bridgehead atoms. The number of hydrogen-bond acceptors (Lipinski definition) is 7. The number of nitrogens with one attached hydrogen (secondary N) is 2. The second kappa shape index (κ2) is 9.14. The molecule has 0 unspecified atom stereocenters. The highest BCUT2D eigenvalue weighted by Crippen LogP contribution is 2.29. The molecule has 0 spiro atoms. The third kappa shape index (κ3) is 4.78. The number of carbonyl (C=O) groups is 2. The zero-order valence-electron chi connectivity index (χ0n) is 16.2. The van der Waals surface area contributed by atoms with E-state index < -0.39 is 11.8 Å². The molecule has 1 aromatic heterocycles. The summed E-state index contributed by atoms with van der Waals surface area (Å²) < 4.78 is 11.5. The van der Waals surface area contributed by atoms with E-state index in [1.165, 1.54) is 14.2 Å². The fourth-order valence-electron chi connectivity index (χ4n) is 2.58. The fourth-order valence-corrected chi connectivity index (χ4v) is 2.78. The summed E-state index contributed by atoms with van der Waals surface area (Å²) in [7, 11) is 2.99. The van der Waals surface area contributed by atoms with Crippen LogP contribution in [0.15, 0.2) is 42.5 Å². The van der Waals surface area contributed by atoms with E-state index in [9.17, 15) is 9.59 Å². The summed E-state index contributed by atoms with van der Waals surface area (Å²) in [5.41, 5.74) is 6.77. The largest absolute Gasteiger partial charge is 0.497 e. The maximum Gasteiger partial charge on any atom is 0.280 e. The number of methoxy groups -OCH3 is 2. The predicted molar refractivity (Wildman–Crippen MR) is 112 cm³/mol. The second-order valence-corrected chi connectivity index (χ2v) is 6.50. The lowest BCUT2D eigenvalue weighted by atomic mass is 10.2. The van der Waals surface area contributed by atoms with Gasteiger partial charge in [0.25, 0.3) is 5.91 Å². The van der Waals surface area contributed by atoms with Crippen molar-refractivity contribution in [1.82, 2.24) is 15.0 Å². The van der Waals surface area contributed by atoms with E-state index in [0.717, 1.165) is 4.68 Å². The number of halogens is 1. The van der Waals surface area contributed by atoms with Crippen molar-refractivity contribution in [3.05, 3.63) is 53.2 Å². The lowest BCUT2D eigenvalue weighted by molar-refractivity contribution is -0.116. The van der Waals surface area contributed by atoms with Gasteiger partial charge in [0.1, 0.15) is 18.0 Å². The molecule has 2 aromatic carbocycles. The number of ether oxygens (including phenoxy) is 2. The number of nitrogens with zero attached hydrogens (tertiary/aromatic N) is 3. The van der Waals surface area contributed by atoms with E-state index in [4.69, 9.17) is 26.8 Å². The summed E-state index contributed by atoms with van der Waals surface area (Å²) >= 11 is 5.90. The van der Waals surface area contributed by atoms with E-state index in [0.29, 0.717) is 27.9 Å². The first kappa shape index (κ1) is 20.9. The normalized spacial score (nSPS) is 10.4. The van der Waals surface area contributed by atoms with E-state index in [1.54, 1.807) is 42.5 Å². The summed E-state index contributed by atoms with van der Waals surface area (Å²) in [5.74, 6) is -0.0908. The van der Waals surface area contributed by atoms with Gasteiger partial charge in [-0.2, -0.15) is 0 Å². The van der Waals surface area contributed by atoms with Gasteiger partial charge < -0.3 is 25.8 Å². The Balaban J connectivity index is 1.70. The van der Waals surface area contributed by atoms with Gasteiger partial charge in [-0.1, -0.05) is 22.9 Å². The topological polar surface area (TPSA) is 133 Å². The molecule has 4 N–H and O–H groups in total. The van der Waals surface area contributed by atoms with Crippen LogP contribution in [-0.2, 0) is 11.3 Å². The smallest absolute Gasteiger partial charge is 0.280 e. The average molecular weight is 431 g/mol. The Hall–Kier alpha value is -3.79. The molecular weight excluding hydrogens is 412 g/mol. The van der Waals surface area contributed by atoms with E-state index in [-0.39, 0.29) is 18.1 Å². The quantitative estimate of drug-likeness (QED) is 0.524. The molecule has 0 aliphatic carbocycles. The Kier molecular flexibility index (Phi) is 6.38. The third-order valence-electron chi connectivity index (χ3n) is 4.05. The van der Waals surface area contributed by atoms with Crippen molar-refractivity contribution >= 4 is 40.6 Å². The molecule has 1 heterocycles. The van der Waals surface area contributed by atoms with Crippen LogP contribution in [0.5, 0.6) is 11.5 Å². The second-order valence-electron chi connectivity index (χ2n) is 6.06. The van der Waals surface area contributed by atoms with Gasteiger partial charge in [-0.3, -0.25) is 9.59 Å². The number of nitrogens with two attached hydrogens (primary N) is 1. The van der Waals surface area contributed by atoms with Gasteiger partial charge in [-0.25, -0.2) is 4.68 Å². The minimum Gasteiger partial charge on any atom is -0.497 e. The number of benzene rings is 2. The van der Waals surface area contributed by atoms with Crippen molar-refractivity contribution in [3.8, 4) is 11.5 Å². The summed E-state index contributed by atoms with van der Waals surface area (Å²) in [6, 6.07) is 11.6. The number of anilines is 3. The Morgan fingerprint density at radius 2 is 1.93 bits per heavy atom. The molecule has 156 valence electrons. The van der Waals surface area contributed by atoms with Crippen LogP contribution in [-0.4, -0.2) is 41.0 Å². The Labute approximate surface area is 176 Å². The Morgan fingerprint density at radius 1 is 1.13 bits per heavy atom. The zero-order chi connectivity index (χ0) is 21.7. The summed E-state index contributed by atoms with van der Waals surface area (Å²) in [6.07, 6.45) is 0. The fraction of sp³-hybridized carbons (Fsp3) is 0.158. The van der Waals surface area contributed by atoms with Gasteiger partial charge in [0, 0.05) is 16.8 Å². The molecule has 0 aliphatic heterocycles. The predicted octanol–water partition coefficient (Wildman–Crippen LogP) is 2.42. The molecule has 0 saturated carbocycles. The number of carbonyl (C=O) groups excluding carboxylic acids is 2. The van der Waals surface area contributed by atoms with E-state index in [2.05, 4.69) is 20.9 Å². The summed E-state index contributed by atoms with van der Waals surface area (Å²) in [4.78, 5) is 24.8. The van der Waals surface area contributed by atoms with Crippen LogP contribution in [0.2, 0.25) is 5.02 Å². The van der Waals surface area contributed by atoms with Crippen molar-refractivity contribution in [2.24, 2.45) is 0 Å². The molecule has 0 saturated heterocycles. The molecule has 0 fully saturated rings. The van der Waals surface area contributed by atoms with Gasteiger partial charge in [0.2, 0.25) is 5.91 Å². The van der Waals surface area contributed by atoms with Crippen LogP contribution in [0.3, 0.4) is 0 Å². The van der Waals surface area contributed by atoms with Gasteiger partial charge in [-0.05, 0) is 30.3 Å².